The van der Waals surface area contributed by atoms with Gasteiger partial charge in [-0.25, -0.2) is 0 Å². The maximum absolute atomic E-state index is 12.6. The molecule has 0 spiro atoms. The Bertz CT molecular complexity index is 790. The number of benzene rings is 1. The number of hydrogen-bond acceptors (Lipinski definition) is 3. The second kappa shape index (κ2) is 7.05. The zero-order chi connectivity index (χ0) is 18.0. The summed E-state index contributed by atoms with van der Waals surface area (Å²) in [6, 6.07) is 7.10. The van der Waals surface area contributed by atoms with Gasteiger partial charge in [0.1, 0.15) is 0 Å². The molecule has 0 aromatic heterocycles. The first-order valence-electron chi connectivity index (χ1n) is 8.61. The van der Waals surface area contributed by atoms with Crippen molar-refractivity contribution in [3.63, 3.8) is 0 Å². The number of carbonyl (C=O) groups is 2. The summed E-state index contributed by atoms with van der Waals surface area (Å²) in [6.07, 6.45) is 7.48. The first-order valence-corrected chi connectivity index (χ1v) is 8.61. The lowest BCUT2D eigenvalue weighted by Gasteiger charge is -2.30. The van der Waals surface area contributed by atoms with E-state index in [1.807, 2.05) is 36.5 Å². The molecule has 1 unspecified atom stereocenters. The summed E-state index contributed by atoms with van der Waals surface area (Å²) >= 11 is 0. The first-order chi connectivity index (χ1) is 12.0. The van der Waals surface area contributed by atoms with Gasteiger partial charge >= 0.3 is 0 Å². The summed E-state index contributed by atoms with van der Waals surface area (Å²) < 4.78 is 0. The second-order valence-electron chi connectivity index (χ2n) is 6.53. The Morgan fingerprint density at radius 1 is 1.32 bits per heavy atom. The molecule has 0 saturated heterocycles. The minimum absolute atomic E-state index is 0.0257. The molecule has 1 aromatic carbocycles. The summed E-state index contributed by atoms with van der Waals surface area (Å²) in [5.74, 6) is -0.0110. The van der Waals surface area contributed by atoms with Gasteiger partial charge in [0, 0.05) is 44.2 Å². The van der Waals surface area contributed by atoms with E-state index in [4.69, 9.17) is 0 Å². The van der Waals surface area contributed by atoms with Crippen molar-refractivity contribution in [1.82, 2.24) is 9.80 Å². The molecule has 130 valence electrons. The summed E-state index contributed by atoms with van der Waals surface area (Å²) in [5, 5.41) is 0. The van der Waals surface area contributed by atoms with E-state index >= 15 is 0 Å². The van der Waals surface area contributed by atoms with E-state index in [2.05, 4.69) is 11.9 Å². The number of fused-ring (bicyclic) bond motifs is 1. The van der Waals surface area contributed by atoms with Crippen molar-refractivity contribution in [2.75, 3.05) is 20.6 Å². The van der Waals surface area contributed by atoms with E-state index in [-0.39, 0.29) is 11.8 Å². The Morgan fingerprint density at radius 2 is 2.12 bits per heavy atom. The fraction of sp³-hybridized carbons (Fsp3) is 0.350. The number of carbonyl (C=O) groups excluding carboxylic acids is 2. The Hall–Kier alpha value is -2.69. The van der Waals surface area contributed by atoms with Crippen molar-refractivity contribution in [2.24, 2.45) is 4.99 Å². The van der Waals surface area contributed by atoms with E-state index in [1.165, 1.54) is 0 Å². The highest BCUT2D eigenvalue weighted by Gasteiger charge is 2.35. The Balaban J connectivity index is 2.00. The zero-order valence-corrected chi connectivity index (χ0v) is 14.9. The third-order valence-corrected chi connectivity index (χ3v) is 4.48. The maximum atomic E-state index is 12.6. The van der Waals surface area contributed by atoms with Crippen LogP contribution >= 0.6 is 0 Å². The SMILES string of the molecule is CCCCN1C=C(c2cccc(C(=O)N(C)C)c2)C2=CC=NC2C1=O. The lowest BCUT2D eigenvalue weighted by atomic mass is 9.90. The highest BCUT2D eigenvalue weighted by Crippen LogP contribution is 2.34. The molecule has 0 radical (unpaired) electrons. The normalized spacial score (nSPS) is 18.8. The van der Waals surface area contributed by atoms with Crippen LogP contribution in [0.15, 0.2) is 47.1 Å². The molecule has 3 rings (SSSR count). The van der Waals surface area contributed by atoms with E-state index < -0.39 is 6.04 Å². The van der Waals surface area contributed by atoms with Crippen molar-refractivity contribution >= 4 is 23.6 Å². The molecule has 1 atom stereocenters. The fourth-order valence-electron chi connectivity index (χ4n) is 3.09. The topological polar surface area (TPSA) is 53.0 Å². The first kappa shape index (κ1) is 17.1. The summed E-state index contributed by atoms with van der Waals surface area (Å²) in [7, 11) is 3.48. The molecule has 0 saturated carbocycles. The molecule has 25 heavy (non-hydrogen) atoms. The number of unbranched alkanes of at least 4 members (excludes halogenated alkanes) is 1. The average molecular weight is 337 g/mol. The lowest BCUT2D eigenvalue weighted by molar-refractivity contribution is -0.129. The largest absolute Gasteiger partial charge is 0.345 e. The van der Waals surface area contributed by atoms with Crippen LogP contribution in [0, 0.1) is 0 Å². The Labute approximate surface area is 148 Å². The van der Waals surface area contributed by atoms with E-state index in [9.17, 15) is 9.59 Å². The van der Waals surface area contributed by atoms with Crippen LogP contribution in [0.1, 0.15) is 35.7 Å². The van der Waals surface area contributed by atoms with E-state index in [0.29, 0.717) is 12.1 Å². The lowest BCUT2D eigenvalue weighted by Crippen LogP contribution is -2.39. The van der Waals surface area contributed by atoms with Gasteiger partial charge in [0.15, 0.2) is 6.04 Å². The van der Waals surface area contributed by atoms with Gasteiger partial charge in [-0.3, -0.25) is 14.6 Å². The van der Waals surface area contributed by atoms with Gasteiger partial charge in [-0.05, 0) is 35.8 Å². The Kier molecular flexibility index (Phi) is 4.83. The van der Waals surface area contributed by atoms with Crippen LogP contribution in [0.4, 0.5) is 0 Å². The monoisotopic (exact) mass is 337 g/mol. The molecule has 5 heteroatoms. The third kappa shape index (κ3) is 3.27. The van der Waals surface area contributed by atoms with Crippen molar-refractivity contribution < 1.29 is 9.59 Å². The molecule has 2 aliphatic heterocycles. The highest BCUT2D eigenvalue weighted by atomic mass is 16.2. The number of rotatable bonds is 5. The van der Waals surface area contributed by atoms with Crippen LogP contribution in [-0.4, -0.2) is 54.5 Å². The van der Waals surface area contributed by atoms with Gasteiger partial charge in [0.25, 0.3) is 11.8 Å². The minimum Gasteiger partial charge on any atom is -0.345 e. The Morgan fingerprint density at radius 3 is 2.84 bits per heavy atom. The number of aliphatic imine (C=N–C) groups is 1. The molecule has 0 aliphatic carbocycles. The van der Waals surface area contributed by atoms with Crippen molar-refractivity contribution in [1.29, 1.82) is 0 Å². The van der Waals surface area contributed by atoms with Gasteiger partial charge in [-0.15, -0.1) is 0 Å². The number of amides is 2. The minimum atomic E-state index is -0.454. The number of allylic oxidation sites excluding steroid dienone is 1. The third-order valence-electron chi connectivity index (χ3n) is 4.48. The smallest absolute Gasteiger partial charge is 0.255 e. The van der Waals surface area contributed by atoms with Crippen molar-refractivity contribution in [3.05, 3.63) is 53.2 Å². The second-order valence-corrected chi connectivity index (χ2v) is 6.53. The van der Waals surface area contributed by atoms with Gasteiger partial charge in [-0.1, -0.05) is 25.5 Å². The molecule has 2 aliphatic rings. The van der Waals surface area contributed by atoms with Gasteiger partial charge < -0.3 is 9.80 Å². The molecule has 1 aromatic rings. The molecule has 5 nitrogen and oxygen atoms in total. The number of hydrogen-bond donors (Lipinski definition) is 0. The summed E-state index contributed by atoms with van der Waals surface area (Å²) in [4.78, 5) is 32.6. The zero-order valence-electron chi connectivity index (χ0n) is 14.9. The predicted molar refractivity (Wildman–Crippen MR) is 99.4 cm³/mol. The molecule has 0 bridgehead atoms. The average Bonchev–Trinajstić information content (AvgIpc) is 3.11. The molecule has 2 amide bonds. The van der Waals surface area contributed by atoms with Crippen LogP contribution in [0.25, 0.3) is 5.57 Å². The summed E-state index contributed by atoms with van der Waals surface area (Å²) in [6.45, 7) is 2.79. The number of nitrogens with zero attached hydrogens (tertiary/aromatic N) is 3. The molecule has 2 heterocycles. The molecule has 0 N–H and O–H groups in total. The van der Waals surface area contributed by atoms with Crippen LogP contribution in [0.2, 0.25) is 0 Å². The molecular formula is C20H23N3O2. The van der Waals surface area contributed by atoms with Crippen molar-refractivity contribution in [2.45, 2.75) is 25.8 Å². The van der Waals surface area contributed by atoms with E-state index in [1.54, 1.807) is 30.1 Å². The summed E-state index contributed by atoms with van der Waals surface area (Å²) in [5.41, 5.74) is 3.44. The maximum Gasteiger partial charge on any atom is 0.255 e. The molecular weight excluding hydrogens is 314 g/mol. The van der Waals surface area contributed by atoms with Crippen LogP contribution in [0.5, 0.6) is 0 Å². The van der Waals surface area contributed by atoms with Gasteiger partial charge in [0.2, 0.25) is 0 Å². The van der Waals surface area contributed by atoms with Gasteiger partial charge in [0.05, 0.1) is 0 Å². The molecule has 0 fully saturated rings. The quantitative estimate of drug-likeness (QED) is 0.829. The highest BCUT2D eigenvalue weighted by molar-refractivity contribution is 6.04. The van der Waals surface area contributed by atoms with Gasteiger partial charge in [-0.2, -0.15) is 0 Å². The van der Waals surface area contributed by atoms with Crippen LogP contribution in [-0.2, 0) is 4.79 Å². The van der Waals surface area contributed by atoms with Crippen LogP contribution < -0.4 is 0 Å². The van der Waals surface area contributed by atoms with Crippen LogP contribution in [0.3, 0.4) is 0 Å². The standard InChI is InChI=1S/C20H23N3O2/c1-4-5-11-23-13-17(16-9-10-21-18(16)20(23)25)14-7-6-8-15(12-14)19(24)22(2)3/h6-10,12-13,18H,4-5,11H2,1-3H3. The van der Waals surface area contributed by atoms with Crippen molar-refractivity contribution in [3.8, 4) is 0 Å². The fourth-order valence-corrected chi connectivity index (χ4v) is 3.09. The predicted octanol–water partition coefficient (Wildman–Crippen LogP) is 2.75. The van der Waals surface area contributed by atoms with E-state index in [0.717, 1.165) is 29.6 Å².